The number of fused-ring (bicyclic) bond motifs is 4. The molecule has 1 fully saturated rings. The highest BCUT2D eigenvalue weighted by Gasteiger charge is 2.78. The van der Waals surface area contributed by atoms with Crippen LogP contribution in [-0.2, 0) is 11.2 Å². The van der Waals surface area contributed by atoms with Crippen molar-refractivity contribution in [3.05, 3.63) is 46.3 Å². The van der Waals surface area contributed by atoms with Gasteiger partial charge in [-0.05, 0) is 44.9 Å². The summed E-state index contributed by atoms with van der Waals surface area (Å²) in [5.41, 5.74) is -8.38. The Labute approximate surface area is 225 Å². The number of hydrogen-bond donors (Lipinski definition) is 3. The number of carbonyl (C=O) groups excluding carboxylic acids is 1. The Hall–Kier alpha value is -3.34. The zero-order chi connectivity index (χ0) is 28.6. The maximum absolute atomic E-state index is 13.5. The standard InChI is InChI=1S/C29H34O10/c1-25(15-30)8-7-22(31)27(3)28(25,33)10-9-26(2)29(27,34)14-17-19(39-26)13-18(38-24(17)32)16-11-20(35-4)23(37-6)21(12-16)36-5/h7-8,11-13,30,33-34H,9-10,14-15H2,1-6H3/t25-,26+,27-,28+,29+/m1/s1. The third kappa shape index (κ3) is 3.25. The Morgan fingerprint density at radius 2 is 1.56 bits per heavy atom. The fourth-order valence-corrected chi connectivity index (χ4v) is 6.87. The average Bonchev–Trinajstić information content (AvgIpc) is 2.92. The van der Waals surface area contributed by atoms with E-state index in [0.29, 0.717) is 22.8 Å². The monoisotopic (exact) mass is 542 g/mol. The third-order valence-corrected chi connectivity index (χ3v) is 9.59. The van der Waals surface area contributed by atoms with Crippen molar-refractivity contribution in [3.8, 4) is 34.3 Å². The Morgan fingerprint density at radius 3 is 2.13 bits per heavy atom. The van der Waals surface area contributed by atoms with Crippen molar-refractivity contribution < 1.29 is 43.5 Å². The number of ketones is 1. The van der Waals surface area contributed by atoms with E-state index in [4.69, 9.17) is 23.4 Å². The molecule has 1 aromatic heterocycles. The van der Waals surface area contributed by atoms with Gasteiger partial charge in [-0.15, -0.1) is 0 Å². The van der Waals surface area contributed by atoms with Gasteiger partial charge in [-0.25, -0.2) is 4.79 Å². The largest absolute Gasteiger partial charge is 0.493 e. The van der Waals surface area contributed by atoms with Gasteiger partial charge in [0.2, 0.25) is 5.75 Å². The lowest BCUT2D eigenvalue weighted by atomic mass is 9.41. The lowest BCUT2D eigenvalue weighted by Crippen LogP contribution is -2.82. The number of benzene rings is 1. The van der Waals surface area contributed by atoms with E-state index in [1.165, 1.54) is 40.4 Å². The Bertz CT molecular complexity index is 1420. The van der Waals surface area contributed by atoms with E-state index >= 15 is 0 Å². The van der Waals surface area contributed by atoms with Crippen molar-refractivity contribution >= 4 is 5.78 Å². The predicted molar refractivity (Wildman–Crippen MR) is 139 cm³/mol. The molecule has 0 unspecified atom stereocenters. The first-order valence-electron chi connectivity index (χ1n) is 12.7. The minimum Gasteiger partial charge on any atom is -0.493 e. The lowest BCUT2D eigenvalue weighted by Gasteiger charge is -2.68. The molecular formula is C29H34O10. The van der Waals surface area contributed by atoms with E-state index in [-0.39, 0.29) is 36.3 Å². The molecule has 1 aromatic carbocycles. The number of hydrogen-bond acceptors (Lipinski definition) is 10. The van der Waals surface area contributed by atoms with Crippen LogP contribution >= 0.6 is 0 Å². The molecule has 3 N–H and O–H groups in total. The quantitative estimate of drug-likeness (QED) is 0.515. The summed E-state index contributed by atoms with van der Waals surface area (Å²) < 4.78 is 28.3. The smallest absolute Gasteiger partial charge is 0.343 e. The first-order valence-corrected chi connectivity index (χ1v) is 12.7. The molecule has 0 saturated heterocycles. The summed E-state index contributed by atoms with van der Waals surface area (Å²) in [5.74, 6) is 0.987. The van der Waals surface area contributed by atoms with Crippen LogP contribution in [-0.4, -0.2) is 65.8 Å². The molecule has 5 atom stereocenters. The molecule has 1 saturated carbocycles. The van der Waals surface area contributed by atoms with Gasteiger partial charge in [-0.3, -0.25) is 4.79 Å². The number of aliphatic hydroxyl groups is 3. The average molecular weight is 543 g/mol. The molecule has 0 radical (unpaired) electrons. The van der Waals surface area contributed by atoms with Gasteiger partial charge in [-0.1, -0.05) is 13.0 Å². The van der Waals surface area contributed by atoms with Crippen molar-refractivity contribution in [1.29, 1.82) is 0 Å². The molecule has 10 heteroatoms. The van der Waals surface area contributed by atoms with Crippen molar-refractivity contribution in [2.75, 3.05) is 27.9 Å². The Morgan fingerprint density at radius 1 is 0.923 bits per heavy atom. The lowest BCUT2D eigenvalue weighted by molar-refractivity contribution is -0.301. The van der Waals surface area contributed by atoms with Crippen LogP contribution in [0.1, 0.15) is 39.2 Å². The van der Waals surface area contributed by atoms with Crippen LogP contribution in [0.25, 0.3) is 11.3 Å². The van der Waals surface area contributed by atoms with Crippen molar-refractivity contribution in [3.63, 3.8) is 0 Å². The molecule has 0 amide bonds. The molecule has 1 aliphatic heterocycles. The maximum atomic E-state index is 13.5. The van der Waals surface area contributed by atoms with Crippen LogP contribution in [0.2, 0.25) is 0 Å². The molecule has 5 rings (SSSR count). The van der Waals surface area contributed by atoms with Crippen LogP contribution in [0.15, 0.2) is 39.6 Å². The summed E-state index contributed by atoms with van der Waals surface area (Å²) in [7, 11) is 4.43. The van der Waals surface area contributed by atoms with Gasteiger partial charge >= 0.3 is 5.63 Å². The van der Waals surface area contributed by atoms with Gasteiger partial charge in [0.1, 0.15) is 22.7 Å². The summed E-state index contributed by atoms with van der Waals surface area (Å²) in [6, 6.07) is 4.83. The van der Waals surface area contributed by atoms with Gasteiger partial charge in [0.25, 0.3) is 0 Å². The molecule has 2 aromatic rings. The van der Waals surface area contributed by atoms with Gasteiger partial charge in [0.05, 0.1) is 44.5 Å². The second kappa shape index (κ2) is 8.58. The van der Waals surface area contributed by atoms with Crippen molar-refractivity contribution in [1.82, 2.24) is 0 Å². The van der Waals surface area contributed by atoms with E-state index in [1.807, 2.05) is 0 Å². The first kappa shape index (κ1) is 27.2. The van der Waals surface area contributed by atoms with E-state index in [0.717, 1.165) is 0 Å². The fourth-order valence-electron chi connectivity index (χ4n) is 6.87. The molecule has 2 aliphatic carbocycles. The number of methoxy groups -OCH3 is 3. The molecule has 0 bridgehead atoms. The first-order chi connectivity index (χ1) is 18.3. The van der Waals surface area contributed by atoms with Crippen molar-refractivity contribution in [2.24, 2.45) is 10.8 Å². The molecule has 0 spiro atoms. The highest BCUT2D eigenvalue weighted by molar-refractivity contribution is 5.98. The summed E-state index contributed by atoms with van der Waals surface area (Å²) in [5, 5.41) is 34.6. The minimum atomic E-state index is -2.00. The third-order valence-electron chi connectivity index (χ3n) is 9.59. The van der Waals surface area contributed by atoms with Gasteiger partial charge in [0, 0.05) is 23.5 Å². The van der Waals surface area contributed by atoms with E-state index < -0.39 is 45.6 Å². The van der Waals surface area contributed by atoms with Crippen LogP contribution in [0, 0.1) is 10.8 Å². The number of carbonyl (C=O) groups is 1. The molecule has 2 heterocycles. The normalized spacial score (nSPS) is 34.8. The molecule has 39 heavy (non-hydrogen) atoms. The van der Waals surface area contributed by atoms with Crippen LogP contribution in [0.5, 0.6) is 23.0 Å². The van der Waals surface area contributed by atoms with Crippen LogP contribution in [0.4, 0.5) is 0 Å². The Balaban J connectivity index is 1.66. The van der Waals surface area contributed by atoms with E-state index in [1.54, 1.807) is 32.0 Å². The zero-order valence-corrected chi connectivity index (χ0v) is 22.9. The summed E-state index contributed by atoms with van der Waals surface area (Å²) in [6.45, 7) is 4.38. The van der Waals surface area contributed by atoms with Gasteiger partial charge < -0.3 is 38.7 Å². The predicted octanol–water partition coefficient (Wildman–Crippen LogP) is 2.43. The molecular weight excluding hydrogens is 508 g/mol. The topological polar surface area (TPSA) is 145 Å². The van der Waals surface area contributed by atoms with Crippen LogP contribution < -0.4 is 24.6 Å². The number of allylic oxidation sites excluding steroid dienone is 1. The summed E-state index contributed by atoms with van der Waals surface area (Å²) >= 11 is 0. The molecule has 210 valence electrons. The number of aliphatic hydroxyl groups excluding tert-OH is 1. The molecule has 10 nitrogen and oxygen atoms in total. The second-order valence-corrected chi connectivity index (χ2v) is 11.3. The Kier molecular flexibility index (Phi) is 5.99. The SMILES string of the molecule is COc1cc(-c2cc3c(c(=O)o2)C[C@@]2(O)[C@]4(C)C(=O)C=C[C@](C)(CO)[C@@]4(O)CC[C@]2(C)O3)cc(OC)c1OC. The highest BCUT2D eigenvalue weighted by atomic mass is 16.5. The van der Waals surface area contributed by atoms with E-state index in [2.05, 4.69) is 0 Å². The fraction of sp³-hybridized carbons (Fsp3) is 0.517. The maximum Gasteiger partial charge on any atom is 0.343 e. The highest BCUT2D eigenvalue weighted by Crippen LogP contribution is 2.65. The van der Waals surface area contributed by atoms with E-state index in [9.17, 15) is 24.9 Å². The summed E-state index contributed by atoms with van der Waals surface area (Å²) in [4.78, 5) is 26.9. The summed E-state index contributed by atoms with van der Waals surface area (Å²) in [6.07, 6.45) is 2.73. The molecule has 3 aliphatic rings. The van der Waals surface area contributed by atoms with Gasteiger partial charge in [-0.2, -0.15) is 0 Å². The van der Waals surface area contributed by atoms with Crippen molar-refractivity contribution in [2.45, 2.75) is 56.8 Å². The number of rotatable bonds is 5. The second-order valence-electron chi connectivity index (χ2n) is 11.3. The van der Waals surface area contributed by atoms with Gasteiger partial charge in [0.15, 0.2) is 17.3 Å². The minimum absolute atomic E-state index is 0.0460. The van der Waals surface area contributed by atoms with Crippen LogP contribution in [0.3, 0.4) is 0 Å². The zero-order valence-electron chi connectivity index (χ0n) is 22.9. The number of ether oxygens (including phenoxy) is 4.